The summed E-state index contributed by atoms with van der Waals surface area (Å²) < 4.78 is 27.3. The third-order valence-electron chi connectivity index (χ3n) is 0.343. The van der Waals surface area contributed by atoms with Crippen LogP contribution in [0.2, 0.25) is 0 Å². The maximum atomic E-state index is 10.2. The van der Waals surface area contributed by atoms with E-state index in [4.69, 9.17) is 14.7 Å². The van der Waals surface area contributed by atoms with Crippen LogP contribution in [-0.2, 0) is 16.3 Å². The van der Waals surface area contributed by atoms with Crippen LogP contribution >= 0.6 is 15.6 Å². The second-order valence-electron chi connectivity index (χ2n) is 1.15. The molecular formula is H8Na4O7P2Sn. The van der Waals surface area contributed by atoms with E-state index in [1.54, 1.807) is 0 Å². The Bertz CT molecular complexity index is 202. The molecule has 0 aromatic carbocycles. The molecule has 0 heterocycles. The molecule has 3 N–H and O–H groups in total. The number of hydrogen-bond donors (Lipinski definition) is 3. The van der Waals surface area contributed by atoms with Gasteiger partial charge in [0.25, 0.3) is 0 Å². The monoisotopic (exact) mass is 394 g/mol. The zero-order valence-electron chi connectivity index (χ0n) is 4.45. The van der Waals surface area contributed by atoms with Crippen LogP contribution in [0.4, 0.5) is 0 Å². The first-order valence-electron chi connectivity index (χ1n) is 1.75. The van der Waals surface area contributed by atoms with E-state index in [0.29, 0.717) is 0 Å². The molecule has 2 radical (unpaired) electrons. The summed E-state index contributed by atoms with van der Waals surface area (Å²) in [5, 5.41) is 0. The molecule has 0 amide bonds. The van der Waals surface area contributed by atoms with Gasteiger partial charge in [-0.1, -0.05) is 0 Å². The number of hydrogen-bond acceptors (Lipinski definition) is 4. The average molecular weight is 393 g/mol. The van der Waals surface area contributed by atoms with Crippen LogP contribution < -0.4 is 0 Å². The van der Waals surface area contributed by atoms with Crippen LogP contribution in [0.15, 0.2) is 0 Å². The number of rotatable bonds is 3. The summed E-state index contributed by atoms with van der Waals surface area (Å²) in [5.41, 5.74) is 0. The van der Waals surface area contributed by atoms with Gasteiger partial charge in [0.15, 0.2) is 0 Å². The number of phosphoric acid groups is 2. The van der Waals surface area contributed by atoms with Crippen molar-refractivity contribution in [3.8, 4) is 0 Å². The summed E-state index contributed by atoms with van der Waals surface area (Å²) >= 11 is -0.0813. The molecule has 14 heavy (non-hydrogen) atoms. The molecule has 0 aliphatic heterocycles. The van der Waals surface area contributed by atoms with E-state index in [9.17, 15) is 9.13 Å². The maximum absolute atomic E-state index is 10.2. The molecule has 0 fully saturated rings. The van der Waals surface area contributed by atoms with Crippen molar-refractivity contribution in [1.29, 1.82) is 0 Å². The molecule has 0 saturated heterocycles. The van der Waals surface area contributed by atoms with Crippen LogP contribution in [0.25, 0.3) is 0 Å². The van der Waals surface area contributed by atoms with Gasteiger partial charge < -0.3 is 0 Å². The normalized spacial score (nSPS) is 13.1. The Hall–Kier alpha value is 5.06. The molecule has 68 valence electrons. The van der Waals surface area contributed by atoms with E-state index in [1.165, 1.54) is 0 Å². The molecule has 0 saturated carbocycles. The quantitative estimate of drug-likeness (QED) is 0.336. The van der Waals surface area contributed by atoms with Gasteiger partial charge in [-0.05, 0) is 0 Å². The third-order valence-corrected chi connectivity index (χ3v) is 4.57. The molecule has 0 bridgehead atoms. The minimum atomic E-state index is -4.92. The van der Waals surface area contributed by atoms with Crippen molar-refractivity contribution in [3.05, 3.63) is 0 Å². The molecule has 0 aromatic heterocycles. The van der Waals surface area contributed by atoms with Crippen LogP contribution in [0.5, 0.6) is 0 Å². The molecule has 1 unspecified atom stereocenters. The molecule has 14 heteroatoms. The van der Waals surface area contributed by atoms with E-state index in [1.807, 2.05) is 0 Å². The van der Waals surface area contributed by atoms with Crippen molar-refractivity contribution in [2.45, 2.75) is 0 Å². The van der Waals surface area contributed by atoms with E-state index in [2.05, 4.69) is 7.17 Å². The van der Waals surface area contributed by atoms with E-state index >= 15 is 0 Å². The van der Waals surface area contributed by atoms with Crippen molar-refractivity contribution < 1.29 is 31.0 Å². The molecule has 0 rings (SSSR count). The minimum absolute atomic E-state index is 0. The zero-order chi connectivity index (χ0) is 8.41. The fraction of sp³-hybridized carbons (Fsp3) is 0. The topological polar surface area (TPSA) is 113 Å². The Morgan fingerprint density at radius 1 is 0.929 bits per heavy atom. The van der Waals surface area contributed by atoms with Crippen molar-refractivity contribution in [2.24, 2.45) is 0 Å². The third kappa shape index (κ3) is 22.3. The van der Waals surface area contributed by atoms with E-state index in [0.717, 1.165) is 0 Å². The van der Waals surface area contributed by atoms with Crippen molar-refractivity contribution in [2.75, 3.05) is 0 Å². The summed E-state index contributed by atoms with van der Waals surface area (Å²) in [4.78, 5) is 24.3. The second kappa shape index (κ2) is 14.5. The fourth-order valence-electron chi connectivity index (χ4n) is 0.154. The average Bonchev–Trinajstić information content (AvgIpc) is 1.60. The Morgan fingerprint density at radius 2 is 1.21 bits per heavy atom. The molecule has 0 spiro atoms. The van der Waals surface area contributed by atoms with Crippen LogP contribution in [0.3, 0.4) is 0 Å². The predicted octanol–water partition coefficient (Wildman–Crippen LogP) is -3.57. The molecule has 0 aliphatic carbocycles. The van der Waals surface area contributed by atoms with Crippen LogP contribution in [0, 0.1) is 0 Å². The van der Waals surface area contributed by atoms with Gasteiger partial charge >= 0.3 is 188 Å². The summed E-state index contributed by atoms with van der Waals surface area (Å²) in [7, 11) is -9.42. The van der Waals surface area contributed by atoms with Gasteiger partial charge in [0.05, 0.1) is 0 Å². The standard InChI is InChI=1S/4Na.H4O7P2.Sn.5H/c;;;;1-8(2,3)7-9(4,5)6;;;;;;/h;;;;(H2,1,2,3)(H2,4,5,6);;;;;;/q;;;;;+1;;;;;/p-1. The zero-order valence-corrected chi connectivity index (χ0v) is 9.53. The fourth-order valence-corrected chi connectivity index (χ4v) is 2.37. The summed E-state index contributed by atoms with van der Waals surface area (Å²) in [6.45, 7) is 0. The summed E-state index contributed by atoms with van der Waals surface area (Å²) in [6.07, 6.45) is 0. The molecule has 0 aromatic rings. The summed E-state index contributed by atoms with van der Waals surface area (Å²) in [6, 6.07) is 0. The van der Waals surface area contributed by atoms with Crippen LogP contribution in [0.1, 0.15) is 0 Å². The Kier molecular flexibility index (Phi) is 32.5. The van der Waals surface area contributed by atoms with Gasteiger partial charge in [-0.3, -0.25) is 0 Å². The molecule has 1 atom stereocenters. The van der Waals surface area contributed by atoms with Crippen molar-refractivity contribution in [3.63, 3.8) is 0 Å². The molecular weight excluding hydrogens is 385 g/mol. The van der Waals surface area contributed by atoms with E-state index < -0.39 is 15.6 Å². The van der Waals surface area contributed by atoms with Gasteiger partial charge in [0, 0.05) is 0 Å². The van der Waals surface area contributed by atoms with Crippen molar-refractivity contribution >= 4 is 157 Å². The van der Waals surface area contributed by atoms with E-state index in [-0.39, 0.29) is 141 Å². The van der Waals surface area contributed by atoms with Gasteiger partial charge in [0.2, 0.25) is 0 Å². The predicted molar refractivity (Wildman–Crippen MR) is 59.8 cm³/mol. The summed E-state index contributed by atoms with van der Waals surface area (Å²) in [5.74, 6) is 0. The van der Waals surface area contributed by atoms with Crippen LogP contribution in [-0.4, -0.2) is 156 Å². The van der Waals surface area contributed by atoms with Gasteiger partial charge in [-0.2, -0.15) is 0 Å². The first-order valence-corrected chi connectivity index (χ1v) is 6.12. The Labute approximate surface area is 183 Å². The van der Waals surface area contributed by atoms with Gasteiger partial charge in [0.1, 0.15) is 0 Å². The first-order chi connectivity index (χ1) is 4.27. The van der Waals surface area contributed by atoms with Gasteiger partial charge in [-0.15, -0.1) is 0 Å². The van der Waals surface area contributed by atoms with Gasteiger partial charge in [-0.25, -0.2) is 0 Å². The Morgan fingerprint density at radius 3 is 1.29 bits per heavy atom. The second-order valence-corrected chi connectivity index (χ2v) is 5.73. The van der Waals surface area contributed by atoms with Crippen molar-refractivity contribution in [1.82, 2.24) is 0 Å². The first kappa shape index (κ1) is 31.4. The molecule has 0 aliphatic rings. The SMILES string of the molecule is O=P(O)(O)OP(=O)(O)[O][SnH].[NaH].[NaH].[NaH].[NaH]. The molecule has 7 nitrogen and oxygen atoms in total. The Balaban J connectivity index is -0.0000000675.